The fourth-order valence-electron chi connectivity index (χ4n) is 3.55. The van der Waals surface area contributed by atoms with Gasteiger partial charge in [0.2, 0.25) is 5.78 Å². The van der Waals surface area contributed by atoms with Crippen LogP contribution < -0.4 is 5.73 Å². The third-order valence-corrected chi connectivity index (χ3v) is 6.60. The fraction of sp³-hybridized carbons (Fsp3) is 0. The van der Waals surface area contributed by atoms with Crippen molar-refractivity contribution in [2.24, 2.45) is 0 Å². The van der Waals surface area contributed by atoms with Gasteiger partial charge in [-0.15, -0.1) is 22.7 Å². The van der Waals surface area contributed by atoms with Gasteiger partial charge in [-0.25, -0.2) is 4.98 Å². The van der Waals surface area contributed by atoms with Gasteiger partial charge in [0.05, 0.1) is 16.1 Å². The van der Waals surface area contributed by atoms with Gasteiger partial charge >= 0.3 is 0 Å². The number of nitrogen functional groups attached to an aromatic ring is 1. The van der Waals surface area contributed by atoms with E-state index in [0.29, 0.717) is 16.1 Å². The highest BCUT2D eigenvalue weighted by Crippen LogP contribution is 2.42. The lowest BCUT2D eigenvalue weighted by atomic mass is 9.92. The molecule has 0 saturated heterocycles. The number of para-hydroxylation sites is 2. The summed E-state index contributed by atoms with van der Waals surface area (Å²) in [5.74, 6) is 0.0118. The molecule has 0 aliphatic heterocycles. The smallest absolute Gasteiger partial charge is 0.204 e. The molecule has 0 spiro atoms. The molecule has 5 aromatic rings. The Hall–Kier alpha value is -3.28. The van der Waals surface area contributed by atoms with Gasteiger partial charge in [-0.2, -0.15) is 0 Å². The van der Waals surface area contributed by atoms with E-state index in [1.807, 2.05) is 83.6 Å². The normalized spacial score (nSPS) is 11.0. The maximum atomic E-state index is 13.7. The summed E-state index contributed by atoms with van der Waals surface area (Å²) in [6.45, 7) is 0. The molecule has 0 atom stereocenters. The van der Waals surface area contributed by atoms with Crippen LogP contribution in [-0.4, -0.2) is 10.8 Å². The van der Waals surface area contributed by atoms with Crippen LogP contribution in [0.5, 0.6) is 0 Å². The number of carbonyl (C=O) groups is 1. The predicted molar refractivity (Wildman–Crippen MR) is 123 cm³/mol. The van der Waals surface area contributed by atoms with Crippen molar-refractivity contribution in [2.75, 3.05) is 5.73 Å². The van der Waals surface area contributed by atoms with Crippen LogP contribution in [-0.2, 0) is 0 Å². The van der Waals surface area contributed by atoms with Crippen molar-refractivity contribution in [2.45, 2.75) is 0 Å². The molecule has 2 N–H and O–H groups in total. The lowest BCUT2D eigenvalue weighted by Gasteiger charge is -2.17. The molecule has 0 bridgehead atoms. The van der Waals surface area contributed by atoms with Crippen LogP contribution in [0.3, 0.4) is 0 Å². The minimum absolute atomic E-state index is 0.0118. The second-order valence-corrected chi connectivity index (χ2v) is 8.49. The van der Waals surface area contributed by atoms with E-state index in [9.17, 15) is 4.79 Å². The average Bonchev–Trinajstić information content (AvgIpc) is 3.46. The molecule has 5 rings (SSSR count). The second kappa shape index (κ2) is 7.28. The van der Waals surface area contributed by atoms with Crippen molar-refractivity contribution < 1.29 is 4.79 Å². The van der Waals surface area contributed by atoms with Crippen LogP contribution in [0.4, 0.5) is 5.69 Å². The Morgan fingerprint density at radius 3 is 2.34 bits per heavy atom. The minimum Gasteiger partial charge on any atom is -0.398 e. The van der Waals surface area contributed by atoms with E-state index in [2.05, 4.69) is 0 Å². The van der Waals surface area contributed by atoms with E-state index in [4.69, 9.17) is 10.7 Å². The molecule has 3 heterocycles. The highest BCUT2D eigenvalue weighted by Gasteiger charge is 2.25. The largest absolute Gasteiger partial charge is 0.398 e. The topological polar surface area (TPSA) is 56.0 Å². The van der Waals surface area contributed by atoms with Gasteiger partial charge in [-0.3, -0.25) is 4.79 Å². The molecule has 0 aliphatic rings. The number of hydrogen-bond acceptors (Lipinski definition) is 5. The number of aromatic nitrogens is 1. The van der Waals surface area contributed by atoms with E-state index < -0.39 is 0 Å². The van der Waals surface area contributed by atoms with Gasteiger partial charge in [0, 0.05) is 32.6 Å². The van der Waals surface area contributed by atoms with Crippen LogP contribution in [0, 0.1) is 0 Å². The van der Waals surface area contributed by atoms with Crippen LogP contribution >= 0.6 is 22.7 Å². The molecule has 3 aromatic heterocycles. The minimum atomic E-state index is 0.0118. The summed E-state index contributed by atoms with van der Waals surface area (Å²) in [4.78, 5) is 20.3. The fourth-order valence-corrected chi connectivity index (χ4v) is 4.99. The summed E-state index contributed by atoms with van der Waals surface area (Å²) in [5, 5.41) is 4.80. The molecule has 140 valence electrons. The van der Waals surface area contributed by atoms with Gasteiger partial charge in [0.25, 0.3) is 0 Å². The van der Waals surface area contributed by atoms with Crippen LogP contribution in [0.15, 0.2) is 83.6 Å². The third kappa shape index (κ3) is 3.05. The maximum absolute atomic E-state index is 13.7. The number of thiophene rings is 2. The van der Waals surface area contributed by atoms with Gasteiger partial charge in [0.15, 0.2) is 0 Å². The molecular weight excluding hydrogens is 396 g/mol. The first-order valence-electron chi connectivity index (χ1n) is 9.14. The quantitative estimate of drug-likeness (QED) is 0.271. The van der Waals surface area contributed by atoms with Crippen molar-refractivity contribution >= 4 is 45.0 Å². The Labute approximate surface area is 176 Å². The standard InChI is InChI=1S/C24H16N2OS2/c25-17-9-3-1-7-15(17)23-22(19-11-5-13-28-19)21(24(27)20-12-6-14-29-20)16-8-2-4-10-18(16)26-23/h1-14H,25H2. The molecule has 5 heteroatoms. The summed E-state index contributed by atoms with van der Waals surface area (Å²) in [6, 6.07) is 23.3. The van der Waals surface area contributed by atoms with E-state index in [0.717, 1.165) is 32.6 Å². The number of pyridine rings is 1. The molecule has 0 aliphatic carbocycles. The number of nitrogens with two attached hydrogens (primary N) is 1. The molecule has 3 nitrogen and oxygen atoms in total. The Kier molecular flexibility index (Phi) is 4.46. The lowest BCUT2D eigenvalue weighted by molar-refractivity contribution is 0.104. The van der Waals surface area contributed by atoms with E-state index in [-0.39, 0.29) is 5.78 Å². The number of benzene rings is 2. The Morgan fingerprint density at radius 1 is 0.828 bits per heavy atom. The zero-order chi connectivity index (χ0) is 19.8. The SMILES string of the molecule is Nc1ccccc1-c1nc2ccccc2c(C(=O)c2cccs2)c1-c1cccs1. The van der Waals surface area contributed by atoms with Crippen LogP contribution in [0.25, 0.3) is 32.6 Å². The number of fused-ring (bicyclic) bond motifs is 1. The summed E-state index contributed by atoms with van der Waals surface area (Å²) in [7, 11) is 0. The number of nitrogens with zero attached hydrogens (tertiary/aromatic N) is 1. The number of ketones is 1. The number of hydrogen-bond donors (Lipinski definition) is 1. The van der Waals surface area contributed by atoms with Crippen molar-refractivity contribution in [3.8, 4) is 21.7 Å². The first-order valence-corrected chi connectivity index (χ1v) is 10.9. The molecule has 0 amide bonds. The maximum Gasteiger partial charge on any atom is 0.204 e. The average molecular weight is 413 g/mol. The Bertz CT molecular complexity index is 1320. The molecular formula is C24H16N2OS2. The van der Waals surface area contributed by atoms with Gasteiger partial charge in [0.1, 0.15) is 0 Å². The first-order chi connectivity index (χ1) is 14.2. The van der Waals surface area contributed by atoms with E-state index in [1.54, 1.807) is 11.3 Å². The Balaban J connectivity index is 1.94. The van der Waals surface area contributed by atoms with Gasteiger partial charge < -0.3 is 5.73 Å². The van der Waals surface area contributed by atoms with Crippen molar-refractivity contribution in [1.29, 1.82) is 0 Å². The van der Waals surface area contributed by atoms with E-state index >= 15 is 0 Å². The molecule has 0 fully saturated rings. The predicted octanol–water partition coefficient (Wildman–Crippen LogP) is 6.51. The number of rotatable bonds is 4. The number of carbonyl (C=O) groups excluding carboxylic acids is 1. The number of anilines is 1. The summed E-state index contributed by atoms with van der Waals surface area (Å²) < 4.78 is 0. The van der Waals surface area contributed by atoms with Gasteiger partial charge in [-0.1, -0.05) is 48.5 Å². The van der Waals surface area contributed by atoms with Crippen LogP contribution in [0.1, 0.15) is 15.2 Å². The van der Waals surface area contributed by atoms with E-state index in [1.165, 1.54) is 11.3 Å². The molecule has 29 heavy (non-hydrogen) atoms. The highest BCUT2D eigenvalue weighted by atomic mass is 32.1. The zero-order valence-electron chi connectivity index (χ0n) is 15.3. The Morgan fingerprint density at radius 2 is 1.59 bits per heavy atom. The second-order valence-electron chi connectivity index (χ2n) is 6.60. The third-order valence-electron chi connectivity index (χ3n) is 4.85. The van der Waals surface area contributed by atoms with Crippen LogP contribution in [0.2, 0.25) is 0 Å². The monoisotopic (exact) mass is 412 g/mol. The highest BCUT2D eigenvalue weighted by molar-refractivity contribution is 7.14. The lowest BCUT2D eigenvalue weighted by Crippen LogP contribution is -2.06. The summed E-state index contributed by atoms with van der Waals surface area (Å²) in [6.07, 6.45) is 0. The van der Waals surface area contributed by atoms with Crippen molar-refractivity contribution in [3.05, 3.63) is 94.0 Å². The molecule has 0 radical (unpaired) electrons. The van der Waals surface area contributed by atoms with Gasteiger partial charge in [-0.05, 0) is 35.0 Å². The zero-order valence-corrected chi connectivity index (χ0v) is 17.0. The van der Waals surface area contributed by atoms with Crippen molar-refractivity contribution in [3.63, 3.8) is 0 Å². The molecule has 0 unspecified atom stereocenters. The first kappa shape index (κ1) is 17.8. The molecule has 0 saturated carbocycles. The van der Waals surface area contributed by atoms with Crippen molar-refractivity contribution in [1.82, 2.24) is 4.98 Å². The molecule has 2 aromatic carbocycles. The summed E-state index contributed by atoms with van der Waals surface area (Å²) in [5.41, 5.74) is 10.8. The summed E-state index contributed by atoms with van der Waals surface area (Å²) >= 11 is 3.05.